The topological polar surface area (TPSA) is 12.9 Å². The fourth-order valence-electron chi connectivity index (χ4n) is 2.81. The van der Waals surface area contributed by atoms with Gasteiger partial charge in [-0.05, 0) is 36.3 Å². The zero-order chi connectivity index (χ0) is 18.1. The molecule has 0 unspecified atom stereocenters. The summed E-state index contributed by atoms with van der Waals surface area (Å²) >= 11 is 0. The lowest BCUT2D eigenvalue weighted by Crippen LogP contribution is -2.10. The predicted molar refractivity (Wildman–Crippen MR) is 84.7 cm³/mol. The van der Waals surface area contributed by atoms with Gasteiger partial charge in [-0.25, -0.2) is 0 Å². The Bertz CT molecular complexity index is 718. The highest BCUT2D eigenvalue weighted by Gasteiger charge is 2.15. The summed E-state index contributed by atoms with van der Waals surface area (Å²) in [4.78, 5) is 4.31. The minimum absolute atomic E-state index is 0.0303. The Morgan fingerprint density at radius 2 is 2.00 bits per heavy atom. The Morgan fingerprint density at radius 3 is 2.75 bits per heavy atom. The molecule has 1 nitrogen and oxygen atoms in total. The largest absolute Gasteiger partial charge is 0.256 e. The monoisotopic (exact) mass is 270 g/mol. The Hall–Kier alpha value is -1.63. The van der Waals surface area contributed by atoms with Gasteiger partial charge in [0, 0.05) is 18.6 Å². The van der Waals surface area contributed by atoms with E-state index in [1.54, 1.807) is 6.07 Å². The number of hydrogen-bond donors (Lipinski definition) is 0. The standard InChI is InChI=1S/C19H23N/c1-15-14-20-19(17-10-6-3-7-11-17)13-18(15)12-16-8-4-2-5-9-16/h3,6-7,10-11,13-14,16H,2,4-5,8-9,12H2,1H3/i1D3,12D2. The van der Waals surface area contributed by atoms with E-state index in [1.807, 2.05) is 30.3 Å². The summed E-state index contributed by atoms with van der Waals surface area (Å²) in [6, 6.07) is 11.1. The maximum absolute atomic E-state index is 8.73. The summed E-state index contributed by atoms with van der Waals surface area (Å²) in [7, 11) is 0. The van der Waals surface area contributed by atoms with Crippen LogP contribution in [0.3, 0.4) is 0 Å². The highest BCUT2D eigenvalue weighted by molar-refractivity contribution is 5.60. The van der Waals surface area contributed by atoms with E-state index in [2.05, 4.69) is 4.98 Å². The smallest absolute Gasteiger partial charge is 0.0704 e. The second kappa shape index (κ2) is 6.21. The summed E-state index contributed by atoms with van der Waals surface area (Å²) in [6.45, 7) is -2.38. The summed E-state index contributed by atoms with van der Waals surface area (Å²) in [5, 5.41) is 0. The van der Waals surface area contributed by atoms with E-state index in [1.165, 1.54) is 6.20 Å². The zero-order valence-electron chi connectivity index (χ0n) is 16.6. The Morgan fingerprint density at radius 1 is 1.20 bits per heavy atom. The predicted octanol–water partition coefficient (Wildman–Crippen LogP) is 5.18. The van der Waals surface area contributed by atoms with Crippen molar-refractivity contribution in [1.82, 2.24) is 4.98 Å². The zero-order valence-corrected chi connectivity index (χ0v) is 11.6. The van der Waals surface area contributed by atoms with E-state index in [9.17, 15) is 0 Å². The summed E-state index contributed by atoms with van der Waals surface area (Å²) in [5.74, 6) is -0.145. The number of nitrogens with zero attached hydrogens (tertiary/aromatic N) is 1. The van der Waals surface area contributed by atoms with Crippen LogP contribution in [0.5, 0.6) is 0 Å². The van der Waals surface area contributed by atoms with E-state index in [0.717, 1.165) is 37.7 Å². The first-order valence-corrected chi connectivity index (χ1v) is 7.36. The molecule has 2 aromatic rings. The molecular formula is C19H23N. The van der Waals surface area contributed by atoms with Crippen LogP contribution in [0, 0.1) is 12.8 Å². The van der Waals surface area contributed by atoms with Crippen LogP contribution in [0.1, 0.15) is 50.1 Å². The first-order chi connectivity index (χ1) is 11.8. The molecule has 1 aliphatic rings. The average molecular weight is 270 g/mol. The van der Waals surface area contributed by atoms with E-state index < -0.39 is 13.2 Å². The number of aromatic nitrogens is 1. The molecule has 1 saturated carbocycles. The van der Waals surface area contributed by atoms with E-state index >= 15 is 0 Å². The number of benzene rings is 1. The Balaban J connectivity index is 2.10. The van der Waals surface area contributed by atoms with Gasteiger partial charge in [0.1, 0.15) is 0 Å². The normalized spacial score (nSPS) is 21.3. The fourth-order valence-corrected chi connectivity index (χ4v) is 2.81. The molecule has 0 spiro atoms. The molecule has 20 heavy (non-hydrogen) atoms. The molecule has 1 aliphatic carbocycles. The molecular weight excluding hydrogens is 242 g/mol. The third kappa shape index (κ3) is 3.09. The molecule has 0 aliphatic heterocycles. The Labute approximate surface area is 129 Å². The molecule has 0 radical (unpaired) electrons. The van der Waals surface area contributed by atoms with Gasteiger partial charge in [0.05, 0.1) is 5.69 Å². The van der Waals surface area contributed by atoms with Crippen molar-refractivity contribution < 1.29 is 6.85 Å². The van der Waals surface area contributed by atoms with Gasteiger partial charge in [0.15, 0.2) is 0 Å². The van der Waals surface area contributed by atoms with E-state index in [4.69, 9.17) is 6.85 Å². The highest BCUT2D eigenvalue weighted by Crippen LogP contribution is 2.29. The molecule has 1 fully saturated rings. The van der Waals surface area contributed by atoms with E-state index in [-0.39, 0.29) is 17.0 Å². The maximum atomic E-state index is 8.73. The molecule has 1 heteroatoms. The van der Waals surface area contributed by atoms with Crippen LogP contribution in [0.15, 0.2) is 42.6 Å². The quantitative estimate of drug-likeness (QED) is 0.749. The third-order valence-corrected chi connectivity index (χ3v) is 3.94. The molecule has 1 heterocycles. The van der Waals surface area contributed by atoms with Gasteiger partial charge in [-0.15, -0.1) is 0 Å². The van der Waals surface area contributed by atoms with Crippen molar-refractivity contribution in [3.8, 4) is 11.3 Å². The van der Waals surface area contributed by atoms with Crippen LogP contribution in [0.25, 0.3) is 11.3 Å². The molecule has 0 bridgehead atoms. The molecule has 104 valence electrons. The lowest BCUT2D eigenvalue weighted by atomic mass is 9.84. The van der Waals surface area contributed by atoms with Crippen LogP contribution in [-0.2, 0) is 6.37 Å². The Kier molecular flexibility index (Phi) is 2.68. The highest BCUT2D eigenvalue weighted by atomic mass is 14.7. The summed E-state index contributed by atoms with van der Waals surface area (Å²) < 4.78 is 40.9. The van der Waals surface area contributed by atoms with Crippen LogP contribution in [0.2, 0.25) is 0 Å². The number of hydrogen-bond acceptors (Lipinski definition) is 1. The number of pyridine rings is 1. The molecule has 3 rings (SSSR count). The summed E-state index contributed by atoms with van der Waals surface area (Å²) in [5.41, 5.74) is 1.78. The molecule has 0 atom stereocenters. The van der Waals surface area contributed by atoms with Crippen LogP contribution < -0.4 is 0 Å². The first kappa shape index (κ1) is 8.61. The molecule has 0 N–H and O–H groups in total. The average Bonchev–Trinajstić information content (AvgIpc) is 2.62. The SMILES string of the molecule is [2H]C([2H])([2H])c1cnc(-c2ccccc2)cc1C([2H])([2H])C1CCCCC1. The van der Waals surface area contributed by atoms with Crippen molar-refractivity contribution in [3.63, 3.8) is 0 Å². The van der Waals surface area contributed by atoms with Gasteiger partial charge in [0.25, 0.3) is 0 Å². The summed E-state index contributed by atoms with van der Waals surface area (Å²) in [6.07, 6.45) is 4.41. The van der Waals surface area contributed by atoms with Crippen molar-refractivity contribution in [2.45, 2.75) is 45.3 Å². The molecule has 1 aromatic heterocycles. The van der Waals surface area contributed by atoms with Gasteiger partial charge < -0.3 is 0 Å². The lowest BCUT2D eigenvalue weighted by Gasteiger charge is -2.22. The van der Waals surface area contributed by atoms with Crippen molar-refractivity contribution in [2.75, 3.05) is 0 Å². The van der Waals surface area contributed by atoms with Crippen molar-refractivity contribution in [3.05, 3.63) is 53.7 Å². The van der Waals surface area contributed by atoms with Crippen LogP contribution in [-0.4, -0.2) is 4.98 Å². The molecule has 1 aromatic carbocycles. The molecule has 0 saturated heterocycles. The van der Waals surface area contributed by atoms with Crippen molar-refractivity contribution in [1.29, 1.82) is 0 Å². The van der Waals surface area contributed by atoms with Crippen molar-refractivity contribution in [2.24, 2.45) is 5.92 Å². The van der Waals surface area contributed by atoms with Gasteiger partial charge in [0.2, 0.25) is 0 Å². The number of rotatable bonds is 3. The number of aryl methyl sites for hydroxylation is 1. The van der Waals surface area contributed by atoms with Crippen LogP contribution in [0.4, 0.5) is 0 Å². The fraction of sp³-hybridized carbons (Fsp3) is 0.421. The maximum Gasteiger partial charge on any atom is 0.0704 e. The van der Waals surface area contributed by atoms with Gasteiger partial charge in [-0.3, -0.25) is 4.98 Å². The lowest BCUT2D eigenvalue weighted by molar-refractivity contribution is 0.356. The third-order valence-electron chi connectivity index (χ3n) is 3.94. The first-order valence-electron chi connectivity index (χ1n) is 9.86. The minimum atomic E-state index is -2.38. The van der Waals surface area contributed by atoms with Crippen LogP contribution >= 0.6 is 0 Å². The van der Waals surface area contributed by atoms with E-state index in [0.29, 0.717) is 5.69 Å². The molecule has 0 amide bonds. The van der Waals surface area contributed by atoms with Crippen molar-refractivity contribution >= 4 is 0 Å². The van der Waals surface area contributed by atoms with Gasteiger partial charge >= 0.3 is 0 Å². The second-order valence-electron chi connectivity index (χ2n) is 5.46. The minimum Gasteiger partial charge on any atom is -0.256 e. The van der Waals surface area contributed by atoms with Gasteiger partial charge in [-0.1, -0.05) is 62.4 Å². The van der Waals surface area contributed by atoms with Gasteiger partial charge in [-0.2, -0.15) is 0 Å². The second-order valence-corrected chi connectivity index (χ2v) is 5.46.